The normalized spacial score (nSPS) is 19.9. The van der Waals surface area contributed by atoms with Crippen molar-refractivity contribution in [2.75, 3.05) is 4.90 Å². The number of benzene rings is 2. The number of aromatic carboxylic acids is 1. The third-order valence-corrected chi connectivity index (χ3v) is 6.96. The maximum absolute atomic E-state index is 12.9. The fraction of sp³-hybridized carbons (Fsp3) is 0.231. The predicted octanol–water partition coefficient (Wildman–Crippen LogP) is 5.38. The second-order valence-corrected chi connectivity index (χ2v) is 9.31. The molecule has 0 radical (unpaired) electrons. The van der Waals surface area contributed by atoms with Crippen LogP contribution in [0.15, 0.2) is 59.1 Å². The Morgan fingerprint density at radius 3 is 2.27 bits per heavy atom. The Morgan fingerprint density at radius 1 is 1.06 bits per heavy atom. The number of hydrogen-bond donors (Lipinski definition) is 1. The first-order chi connectivity index (χ1) is 15.9. The minimum Gasteiger partial charge on any atom is -0.478 e. The van der Waals surface area contributed by atoms with E-state index in [4.69, 9.17) is 4.98 Å². The second kappa shape index (κ2) is 8.23. The molecular formula is C26H21BrN2O4. The molecule has 2 heterocycles. The number of carbonyl (C=O) groups is 3. The molecule has 166 valence electrons. The number of anilines is 1. The highest BCUT2D eigenvalue weighted by molar-refractivity contribution is 9.10. The molecule has 0 spiro atoms. The second-order valence-electron chi connectivity index (χ2n) is 8.39. The summed E-state index contributed by atoms with van der Waals surface area (Å²) < 4.78 is 0.809. The number of pyridine rings is 1. The summed E-state index contributed by atoms with van der Waals surface area (Å²) in [5.41, 5.74) is 3.55. The van der Waals surface area contributed by atoms with Crippen LogP contribution in [0, 0.1) is 11.8 Å². The van der Waals surface area contributed by atoms with E-state index in [-0.39, 0.29) is 29.2 Å². The molecule has 1 saturated heterocycles. The van der Waals surface area contributed by atoms with Crippen LogP contribution in [0.25, 0.3) is 22.2 Å². The first-order valence-electron chi connectivity index (χ1n) is 10.9. The first kappa shape index (κ1) is 21.5. The number of hydrogen-bond acceptors (Lipinski definition) is 4. The number of aryl methyl sites for hydroxylation is 1. The van der Waals surface area contributed by atoms with Crippen LogP contribution in [-0.4, -0.2) is 27.9 Å². The summed E-state index contributed by atoms with van der Waals surface area (Å²) in [6.07, 6.45) is 5.83. The molecule has 2 aliphatic rings. The minimum absolute atomic E-state index is 0.155. The summed E-state index contributed by atoms with van der Waals surface area (Å²) in [6, 6.07) is 12.3. The summed E-state index contributed by atoms with van der Waals surface area (Å²) >= 11 is 3.46. The summed E-state index contributed by atoms with van der Waals surface area (Å²) in [4.78, 5) is 43.8. The van der Waals surface area contributed by atoms with Gasteiger partial charge in [0.25, 0.3) is 0 Å². The predicted molar refractivity (Wildman–Crippen MR) is 129 cm³/mol. The van der Waals surface area contributed by atoms with E-state index in [1.54, 1.807) is 36.4 Å². The van der Waals surface area contributed by atoms with Crippen LogP contribution >= 0.6 is 15.9 Å². The average molecular weight is 505 g/mol. The lowest BCUT2D eigenvalue weighted by Gasteiger charge is -2.16. The van der Waals surface area contributed by atoms with E-state index < -0.39 is 5.97 Å². The number of fused-ring (bicyclic) bond motifs is 2. The number of rotatable bonds is 4. The summed E-state index contributed by atoms with van der Waals surface area (Å²) in [5.74, 6) is -1.90. The van der Waals surface area contributed by atoms with Gasteiger partial charge >= 0.3 is 5.97 Å². The Morgan fingerprint density at radius 2 is 1.70 bits per heavy atom. The quantitative estimate of drug-likeness (QED) is 0.380. The lowest BCUT2D eigenvalue weighted by molar-refractivity contribution is -0.122. The van der Waals surface area contributed by atoms with Crippen LogP contribution in [-0.2, 0) is 16.0 Å². The van der Waals surface area contributed by atoms with Crippen LogP contribution in [0.1, 0.15) is 35.7 Å². The van der Waals surface area contributed by atoms with Gasteiger partial charge < -0.3 is 5.11 Å². The number of imide groups is 1. The van der Waals surface area contributed by atoms with Crippen LogP contribution in [0.4, 0.5) is 5.69 Å². The van der Waals surface area contributed by atoms with Crippen molar-refractivity contribution in [3.8, 4) is 11.3 Å². The maximum Gasteiger partial charge on any atom is 0.336 e. The highest BCUT2D eigenvalue weighted by Gasteiger charge is 2.47. The Hall–Kier alpha value is -3.32. The van der Waals surface area contributed by atoms with E-state index in [1.165, 1.54) is 4.90 Å². The van der Waals surface area contributed by atoms with Gasteiger partial charge in [-0.3, -0.25) is 14.5 Å². The SMILES string of the molecule is CCc1cc(Br)cc2c(C(=O)O)cc(-c3ccc(N4C(=O)C5CC=CCC5C4=O)cc3)nc12. The van der Waals surface area contributed by atoms with Crippen LogP contribution in [0.5, 0.6) is 0 Å². The van der Waals surface area contributed by atoms with E-state index >= 15 is 0 Å². The van der Waals surface area contributed by atoms with Crippen molar-refractivity contribution in [2.24, 2.45) is 11.8 Å². The van der Waals surface area contributed by atoms with E-state index in [2.05, 4.69) is 15.9 Å². The van der Waals surface area contributed by atoms with Crippen LogP contribution in [0.3, 0.4) is 0 Å². The zero-order valence-electron chi connectivity index (χ0n) is 17.9. The highest BCUT2D eigenvalue weighted by atomic mass is 79.9. The fourth-order valence-corrected chi connectivity index (χ4v) is 5.30. The van der Waals surface area contributed by atoms with Gasteiger partial charge in [-0.1, -0.05) is 47.1 Å². The van der Waals surface area contributed by atoms with E-state index in [9.17, 15) is 19.5 Å². The molecule has 33 heavy (non-hydrogen) atoms. The van der Waals surface area contributed by atoms with Gasteiger partial charge in [0.05, 0.1) is 34.3 Å². The van der Waals surface area contributed by atoms with Crippen LogP contribution < -0.4 is 4.90 Å². The van der Waals surface area contributed by atoms with Gasteiger partial charge in [0.1, 0.15) is 0 Å². The Kier molecular flexibility index (Phi) is 5.37. The first-order valence-corrected chi connectivity index (χ1v) is 11.7. The maximum atomic E-state index is 12.9. The van der Waals surface area contributed by atoms with Gasteiger partial charge in [-0.2, -0.15) is 0 Å². The Bertz CT molecular complexity index is 1320. The molecular weight excluding hydrogens is 484 g/mol. The van der Waals surface area contributed by atoms with E-state index in [0.29, 0.717) is 47.1 Å². The molecule has 2 atom stereocenters. The van der Waals surface area contributed by atoms with Gasteiger partial charge in [-0.15, -0.1) is 0 Å². The van der Waals surface area contributed by atoms with Gasteiger partial charge in [-0.05, 0) is 55.2 Å². The van der Waals surface area contributed by atoms with Crippen molar-refractivity contribution >= 4 is 50.3 Å². The number of allylic oxidation sites excluding steroid dienone is 2. The largest absolute Gasteiger partial charge is 0.478 e. The smallest absolute Gasteiger partial charge is 0.336 e. The molecule has 1 N–H and O–H groups in total. The fourth-order valence-electron chi connectivity index (χ4n) is 4.79. The molecule has 2 aromatic carbocycles. The molecule has 1 aliphatic heterocycles. The Balaban J connectivity index is 1.55. The number of aromatic nitrogens is 1. The molecule has 6 nitrogen and oxygen atoms in total. The molecule has 1 aromatic heterocycles. The molecule has 2 unspecified atom stereocenters. The summed E-state index contributed by atoms with van der Waals surface area (Å²) in [6.45, 7) is 2.00. The van der Waals surface area contributed by atoms with Crippen molar-refractivity contribution in [1.29, 1.82) is 0 Å². The number of carboxylic acid groups (broad SMARTS) is 1. The van der Waals surface area contributed by atoms with Crippen molar-refractivity contribution in [1.82, 2.24) is 4.98 Å². The van der Waals surface area contributed by atoms with Crippen molar-refractivity contribution in [2.45, 2.75) is 26.2 Å². The van der Waals surface area contributed by atoms with E-state index in [0.717, 1.165) is 10.0 Å². The molecule has 1 fully saturated rings. The monoisotopic (exact) mass is 504 g/mol. The van der Waals surface area contributed by atoms with Crippen molar-refractivity contribution in [3.63, 3.8) is 0 Å². The summed E-state index contributed by atoms with van der Waals surface area (Å²) in [5, 5.41) is 10.4. The molecule has 2 amide bonds. The van der Waals surface area contributed by atoms with Gasteiger partial charge in [-0.25, -0.2) is 9.78 Å². The number of nitrogens with zero attached hydrogens (tertiary/aromatic N) is 2. The topological polar surface area (TPSA) is 87.6 Å². The van der Waals surface area contributed by atoms with Gasteiger partial charge in [0.15, 0.2) is 0 Å². The molecule has 7 heteroatoms. The zero-order valence-corrected chi connectivity index (χ0v) is 19.5. The average Bonchev–Trinajstić information content (AvgIpc) is 3.08. The summed E-state index contributed by atoms with van der Waals surface area (Å²) in [7, 11) is 0. The molecule has 1 aliphatic carbocycles. The standard InChI is InChI=1S/C26H21BrN2O4/c1-2-14-11-16(27)12-20-21(26(32)33)13-22(28-23(14)20)15-7-9-17(10-8-15)29-24(30)18-5-3-4-6-19(18)25(29)31/h3-4,7-13,18-19H,2,5-6H2,1H3,(H,32,33). The third-order valence-electron chi connectivity index (χ3n) is 6.50. The molecule has 0 bridgehead atoms. The number of halogens is 1. The molecule has 3 aromatic rings. The highest BCUT2D eigenvalue weighted by Crippen LogP contribution is 2.38. The zero-order chi connectivity index (χ0) is 23.3. The van der Waals surface area contributed by atoms with E-state index in [1.807, 2.05) is 25.1 Å². The van der Waals surface area contributed by atoms with Crippen molar-refractivity contribution < 1.29 is 19.5 Å². The third kappa shape index (κ3) is 3.56. The minimum atomic E-state index is -1.02. The van der Waals surface area contributed by atoms with Gasteiger partial charge in [0.2, 0.25) is 11.8 Å². The molecule has 5 rings (SSSR count). The number of amides is 2. The lowest BCUT2D eigenvalue weighted by atomic mass is 9.85. The lowest BCUT2D eigenvalue weighted by Crippen LogP contribution is -2.30. The van der Waals surface area contributed by atoms with Gasteiger partial charge in [0, 0.05) is 15.4 Å². The van der Waals surface area contributed by atoms with Crippen LogP contribution in [0.2, 0.25) is 0 Å². The number of carboxylic acids is 1. The Labute approximate surface area is 199 Å². The molecule has 0 saturated carbocycles. The van der Waals surface area contributed by atoms with Crippen molar-refractivity contribution in [3.05, 3.63) is 70.2 Å². The number of carbonyl (C=O) groups excluding carboxylic acids is 2.